The zero-order valence-corrected chi connectivity index (χ0v) is 36.1. The first-order chi connectivity index (χ1) is 28.7. The Morgan fingerprint density at radius 3 is 1.82 bits per heavy atom. The van der Waals surface area contributed by atoms with Crippen molar-refractivity contribution < 1.29 is 48.6 Å². The van der Waals surface area contributed by atoms with Gasteiger partial charge in [0.1, 0.15) is 30.2 Å². The molecule has 3 aliphatic heterocycles. The van der Waals surface area contributed by atoms with E-state index in [1.807, 2.05) is 11.8 Å². The maximum absolute atomic E-state index is 14.5. The number of aliphatic hydroxyl groups excluding tert-OH is 1. The fourth-order valence-corrected chi connectivity index (χ4v) is 9.25. The van der Waals surface area contributed by atoms with Crippen LogP contribution in [0.3, 0.4) is 0 Å². The van der Waals surface area contributed by atoms with Crippen molar-refractivity contribution in [2.45, 2.75) is 179 Å². The predicted molar refractivity (Wildman–Crippen MR) is 222 cm³/mol. The number of rotatable bonds is 19. The fraction of sp³-hybridized carbons (Fsp3) is 0.814. The van der Waals surface area contributed by atoms with Gasteiger partial charge in [0, 0.05) is 45.6 Å². The lowest BCUT2D eigenvalue weighted by atomic mass is 9.79. The Balaban J connectivity index is 1.49. The third-order valence-corrected chi connectivity index (χ3v) is 12.7. The molecule has 1 aliphatic carbocycles. The molecule has 17 heteroatoms. The van der Waals surface area contributed by atoms with Gasteiger partial charge in [0.05, 0.1) is 12.5 Å². The molecule has 3 saturated heterocycles. The van der Waals surface area contributed by atoms with E-state index in [-0.39, 0.29) is 62.9 Å². The van der Waals surface area contributed by atoms with E-state index in [4.69, 9.17) is 0 Å². The summed E-state index contributed by atoms with van der Waals surface area (Å²) in [4.78, 5) is 112. The predicted octanol–water partition coefficient (Wildman–Crippen LogP) is 1.98. The average Bonchev–Trinajstić information content (AvgIpc) is 3.57. The van der Waals surface area contributed by atoms with Crippen molar-refractivity contribution in [2.75, 3.05) is 32.7 Å². The molecule has 1 unspecified atom stereocenters. The highest BCUT2D eigenvalue weighted by atomic mass is 16.4. The molecule has 0 aromatic heterocycles. The Labute approximate surface area is 354 Å². The van der Waals surface area contributed by atoms with Crippen molar-refractivity contribution in [1.29, 1.82) is 0 Å². The molecular formula is C43H71N7O10. The largest absolute Gasteiger partial charge is 0.481 e. The lowest BCUT2D eigenvalue weighted by Gasteiger charge is -2.38. The molecule has 0 aromatic carbocycles. The maximum atomic E-state index is 14.5. The lowest BCUT2D eigenvalue weighted by Crippen LogP contribution is -2.61. The van der Waals surface area contributed by atoms with Gasteiger partial charge in [-0.15, -0.1) is 0 Å². The fourth-order valence-electron chi connectivity index (χ4n) is 9.25. The van der Waals surface area contributed by atoms with Gasteiger partial charge < -0.3 is 46.2 Å². The molecule has 7 amide bonds. The lowest BCUT2D eigenvalue weighted by molar-refractivity contribution is -0.149. The van der Waals surface area contributed by atoms with Crippen LogP contribution in [-0.2, 0) is 38.4 Å². The summed E-state index contributed by atoms with van der Waals surface area (Å²) < 4.78 is 0. The van der Waals surface area contributed by atoms with Crippen LogP contribution in [0.15, 0.2) is 0 Å². The summed E-state index contributed by atoms with van der Waals surface area (Å²) in [6, 6.07) is -6.10. The number of aliphatic carboxylic acids is 1. The number of aliphatic hydroxyl groups is 1. The summed E-state index contributed by atoms with van der Waals surface area (Å²) in [7, 11) is 0. The summed E-state index contributed by atoms with van der Waals surface area (Å²) in [5, 5.41) is 30.8. The minimum absolute atomic E-state index is 0.0424. The van der Waals surface area contributed by atoms with E-state index >= 15 is 0 Å². The number of likely N-dealkylation sites (tertiary alicyclic amines) is 3. The molecular weight excluding hydrogens is 775 g/mol. The van der Waals surface area contributed by atoms with Gasteiger partial charge in [-0.2, -0.15) is 0 Å². The van der Waals surface area contributed by atoms with Crippen molar-refractivity contribution in [1.82, 2.24) is 36.0 Å². The number of amides is 7. The normalized spacial score (nSPS) is 22.6. The minimum Gasteiger partial charge on any atom is -0.481 e. The van der Waals surface area contributed by atoms with Crippen LogP contribution in [0.1, 0.15) is 143 Å². The summed E-state index contributed by atoms with van der Waals surface area (Å²) in [5.74, 6) is -4.53. The van der Waals surface area contributed by atoms with Crippen LogP contribution in [0.4, 0.5) is 0 Å². The molecule has 7 atom stereocenters. The second kappa shape index (κ2) is 24.2. The maximum Gasteiger partial charge on any atom is 0.305 e. The molecule has 60 heavy (non-hydrogen) atoms. The topological polar surface area (TPSA) is 235 Å². The first-order valence-electron chi connectivity index (χ1n) is 22.7. The zero-order valence-electron chi connectivity index (χ0n) is 36.1. The Kier molecular flexibility index (Phi) is 19.5. The van der Waals surface area contributed by atoms with Crippen LogP contribution < -0.4 is 21.3 Å². The molecule has 4 aliphatic rings. The summed E-state index contributed by atoms with van der Waals surface area (Å²) in [6.07, 6.45) is 10.4. The number of carbonyl (C=O) groups is 8. The van der Waals surface area contributed by atoms with E-state index in [0.717, 1.165) is 51.4 Å². The molecule has 0 radical (unpaired) electrons. The summed E-state index contributed by atoms with van der Waals surface area (Å²) in [6.45, 7) is 7.18. The molecule has 17 nitrogen and oxygen atoms in total. The van der Waals surface area contributed by atoms with Crippen LogP contribution in [0.25, 0.3) is 0 Å². The van der Waals surface area contributed by atoms with Gasteiger partial charge in [0.25, 0.3) is 0 Å². The van der Waals surface area contributed by atoms with Gasteiger partial charge in [-0.1, -0.05) is 58.8 Å². The highest BCUT2D eigenvalue weighted by Crippen LogP contribution is 2.31. The van der Waals surface area contributed by atoms with Crippen LogP contribution in [0.5, 0.6) is 0 Å². The number of nitrogens with zero attached hydrogens (tertiary/aromatic N) is 3. The van der Waals surface area contributed by atoms with E-state index in [1.54, 1.807) is 0 Å². The standard InChI is InChI=1S/C43H71N7O10/c1-4-21-44-41(58)38(29(3)51)47-40(57)34-18-14-25-50(34)43(60)32(27-37(54)55)46-39(56)33-17-10-13-24-49(33)42(59)31(19-20-36(53)48-22-11-5-6-12-23-48)45-35(52)26-28(2)30-15-8-7-9-16-30/h28-34,38,51H,4-27H2,1-3H3,(H,44,58)(H,45,52)(H,46,56)(H,47,57)(H,54,55)/t28-,29?,31-,32-,33-,34-,38-/m0/s1. The van der Waals surface area contributed by atoms with Crippen LogP contribution in [0.2, 0.25) is 0 Å². The van der Waals surface area contributed by atoms with Gasteiger partial charge >= 0.3 is 5.97 Å². The highest BCUT2D eigenvalue weighted by molar-refractivity contribution is 5.98. The van der Waals surface area contributed by atoms with Gasteiger partial charge in [0.15, 0.2) is 0 Å². The van der Waals surface area contributed by atoms with Crippen molar-refractivity contribution in [2.24, 2.45) is 11.8 Å². The molecule has 1 saturated carbocycles. The average molecular weight is 846 g/mol. The van der Waals surface area contributed by atoms with Gasteiger partial charge in [-0.25, -0.2) is 0 Å². The smallest absolute Gasteiger partial charge is 0.305 e. The third kappa shape index (κ3) is 14.2. The monoisotopic (exact) mass is 846 g/mol. The van der Waals surface area contributed by atoms with Crippen molar-refractivity contribution in [3.8, 4) is 0 Å². The number of carbonyl (C=O) groups excluding carboxylic acids is 7. The van der Waals surface area contributed by atoms with Gasteiger partial charge in [-0.05, 0) is 76.5 Å². The second-order valence-corrected chi connectivity index (χ2v) is 17.4. The zero-order chi connectivity index (χ0) is 43.8. The first kappa shape index (κ1) is 48.4. The van der Waals surface area contributed by atoms with Crippen LogP contribution in [0, 0.1) is 11.8 Å². The van der Waals surface area contributed by atoms with Gasteiger partial charge in [-0.3, -0.25) is 38.4 Å². The molecule has 0 bridgehead atoms. The van der Waals surface area contributed by atoms with Crippen LogP contribution >= 0.6 is 0 Å². The second-order valence-electron chi connectivity index (χ2n) is 17.4. The van der Waals surface area contributed by atoms with E-state index in [2.05, 4.69) is 28.2 Å². The first-order valence-corrected chi connectivity index (χ1v) is 22.7. The Hall–Kier alpha value is -4.28. The van der Waals surface area contributed by atoms with E-state index in [9.17, 15) is 48.6 Å². The summed E-state index contributed by atoms with van der Waals surface area (Å²) >= 11 is 0. The number of hydrogen-bond donors (Lipinski definition) is 6. The minimum atomic E-state index is -1.58. The van der Waals surface area contributed by atoms with Crippen molar-refractivity contribution in [3.05, 3.63) is 0 Å². The van der Waals surface area contributed by atoms with Gasteiger partial charge in [0.2, 0.25) is 41.4 Å². The van der Waals surface area contributed by atoms with Crippen LogP contribution in [-0.4, -0.2) is 141 Å². The SMILES string of the molecule is CCCNC(=O)[C@@H](NC(=O)[C@@H]1CCCN1C(=O)[C@H](CC(=O)O)NC(=O)[C@@H]1CCCCN1C(=O)[C@H](CCC(=O)N1CCCCCC1)NC(=O)C[C@H](C)C1CCCCC1)C(C)O. The third-order valence-electron chi connectivity index (χ3n) is 12.7. The summed E-state index contributed by atoms with van der Waals surface area (Å²) in [5.41, 5.74) is 0. The Morgan fingerprint density at radius 1 is 0.650 bits per heavy atom. The van der Waals surface area contributed by atoms with E-state index in [0.29, 0.717) is 51.2 Å². The molecule has 338 valence electrons. The number of carboxylic acids is 1. The van der Waals surface area contributed by atoms with Crippen molar-refractivity contribution in [3.63, 3.8) is 0 Å². The van der Waals surface area contributed by atoms with E-state index < -0.39 is 78.2 Å². The van der Waals surface area contributed by atoms with E-state index in [1.165, 1.54) is 23.1 Å². The molecule has 0 spiro atoms. The number of piperidine rings is 1. The molecule has 4 rings (SSSR count). The molecule has 6 N–H and O–H groups in total. The number of nitrogens with one attached hydrogen (secondary N) is 4. The number of carboxylic acid groups (broad SMARTS) is 1. The van der Waals surface area contributed by atoms with Crippen molar-refractivity contribution >= 4 is 47.3 Å². The number of hydrogen-bond acceptors (Lipinski definition) is 9. The molecule has 3 heterocycles. The quantitative estimate of drug-likeness (QED) is 0.111. The highest BCUT2D eigenvalue weighted by Gasteiger charge is 2.42. The Bertz CT molecular complexity index is 1500. The molecule has 0 aromatic rings. The molecule has 4 fully saturated rings. The Morgan fingerprint density at radius 2 is 1.20 bits per heavy atom.